The molecule has 0 radical (unpaired) electrons. The summed E-state index contributed by atoms with van der Waals surface area (Å²) in [5.74, 6) is -0.295. The number of halogens is 1. The second-order valence-electron chi connectivity index (χ2n) is 3.59. The van der Waals surface area contributed by atoms with Gasteiger partial charge < -0.3 is 5.32 Å². The Labute approximate surface area is 112 Å². The Morgan fingerprint density at radius 2 is 2.11 bits per heavy atom. The monoisotopic (exact) mass is 309 g/mol. The maximum atomic E-state index is 11.4. The van der Waals surface area contributed by atoms with Gasteiger partial charge in [0, 0.05) is 36.4 Å². The minimum atomic E-state index is -4.25. The van der Waals surface area contributed by atoms with Gasteiger partial charge in [0.1, 0.15) is 0 Å². The second-order valence-corrected chi connectivity index (χ2v) is 6.12. The lowest BCUT2D eigenvalue weighted by Crippen LogP contribution is -2.33. The highest BCUT2D eigenvalue weighted by atomic mass is 35.7. The minimum Gasteiger partial charge on any atom is -0.356 e. The number of H-pyrrole nitrogens is 1. The molecule has 0 atom stereocenters. The fraction of sp³-hybridized carbons (Fsp3) is 0.444. The van der Waals surface area contributed by atoms with E-state index in [9.17, 15) is 22.8 Å². The van der Waals surface area contributed by atoms with Crippen molar-refractivity contribution in [1.29, 1.82) is 0 Å². The summed E-state index contributed by atoms with van der Waals surface area (Å²) in [5.41, 5.74) is -1.90. The first-order chi connectivity index (χ1) is 8.75. The van der Waals surface area contributed by atoms with Gasteiger partial charge in [0.05, 0.1) is 0 Å². The third-order valence-electron chi connectivity index (χ3n) is 2.19. The van der Waals surface area contributed by atoms with Crippen molar-refractivity contribution in [2.24, 2.45) is 0 Å². The molecule has 0 aliphatic carbocycles. The lowest BCUT2D eigenvalue weighted by molar-refractivity contribution is -0.121. The van der Waals surface area contributed by atoms with Crippen molar-refractivity contribution < 1.29 is 13.2 Å². The number of carbonyl (C=O) groups excluding carboxylic acids is 1. The number of rotatable bonds is 5. The van der Waals surface area contributed by atoms with Crippen molar-refractivity contribution in [2.45, 2.75) is 24.8 Å². The van der Waals surface area contributed by atoms with Crippen molar-refractivity contribution in [3.8, 4) is 0 Å². The Morgan fingerprint density at radius 1 is 1.47 bits per heavy atom. The molecule has 0 aliphatic heterocycles. The quantitative estimate of drug-likeness (QED) is 0.676. The molecule has 1 amide bonds. The standard InChI is InChI=1S/C9H12ClN3O5S/c1-2-11-7(14)3-4-13-5-6(19(10,17)18)8(15)12-9(13)16/h5H,2-4H2,1H3,(H,11,14)(H,12,15,16). The van der Waals surface area contributed by atoms with E-state index in [0.29, 0.717) is 6.54 Å². The van der Waals surface area contributed by atoms with E-state index in [-0.39, 0.29) is 18.9 Å². The summed E-state index contributed by atoms with van der Waals surface area (Å²) in [4.78, 5) is 35.0. The van der Waals surface area contributed by atoms with Crippen molar-refractivity contribution in [1.82, 2.24) is 14.9 Å². The molecule has 1 aromatic rings. The molecule has 1 heterocycles. The van der Waals surface area contributed by atoms with Gasteiger partial charge in [-0.15, -0.1) is 0 Å². The summed E-state index contributed by atoms with van der Waals surface area (Å²) in [6.07, 6.45) is 0.796. The van der Waals surface area contributed by atoms with E-state index < -0.39 is 25.2 Å². The van der Waals surface area contributed by atoms with Crippen molar-refractivity contribution in [3.63, 3.8) is 0 Å². The fourth-order valence-corrected chi connectivity index (χ4v) is 2.19. The molecule has 0 saturated heterocycles. The molecule has 0 aromatic carbocycles. The summed E-state index contributed by atoms with van der Waals surface area (Å²) in [6, 6.07) is 0. The molecule has 1 rings (SSSR count). The SMILES string of the molecule is CCNC(=O)CCn1cc(S(=O)(=O)Cl)c(=O)[nH]c1=O. The highest BCUT2D eigenvalue weighted by Crippen LogP contribution is 2.07. The van der Waals surface area contributed by atoms with E-state index in [1.165, 1.54) is 0 Å². The van der Waals surface area contributed by atoms with Gasteiger partial charge in [-0.05, 0) is 6.92 Å². The Balaban J connectivity index is 3.07. The molecule has 106 valence electrons. The number of nitrogens with zero attached hydrogens (tertiary/aromatic N) is 1. The normalized spacial score (nSPS) is 11.3. The Morgan fingerprint density at radius 3 is 2.63 bits per heavy atom. The summed E-state index contributed by atoms with van der Waals surface area (Å²) in [6.45, 7) is 2.11. The fourth-order valence-electron chi connectivity index (χ4n) is 1.34. The van der Waals surface area contributed by atoms with Crippen LogP contribution in [0, 0.1) is 0 Å². The van der Waals surface area contributed by atoms with Gasteiger partial charge in [0.25, 0.3) is 14.6 Å². The van der Waals surface area contributed by atoms with E-state index in [0.717, 1.165) is 10.8 Å². The first-order valence-corrected chi connectivity index (χ1v) is 7.61. The van der Waals surface area contributed by atoms with E-state index >= 15 is 0 Å². The van der Waals surface area contributed by atoms with Crippen LogP contribution in [-0.2, 0) is 20.4 Å². The van der Waals surface area contributed by atoms with Crippen LogP contribution in [0.25, 0.3) is 0 Å². The van der Waals surface area contributed by atoms with Crippen molar-refractivity contribution in [3.05, 3.63) is 27.0 Å². The number of carbonyl (C=O) groups is 1. The summed E-state index contributed by atoms with van der Waals surface area (Å²) in [5, 5.41) is 2.52. The molecule has 8 nitrogen and oxygen atoms in total. The van der Waals surface area contributed by atoms with E-state index in [4.69, 9.17) is 10.7 Å². The molecule has 0 spiro atoms. The molecule has 10 heteroatoms. The first kappa shape index (κ1) is 15.4. The predicted octanol–water partition coefficient (Wildman–Crippen LogP) is -1.01. The number of amides is 1. The maximum Gasteiger partial charge on any atom is 0.328 e. The van der Waals surface area contributed by atoms with Crippen LogP contribution in [0.1, 0.15) is 13.3 Å². The van der Waals surface area contributed by atoms with Crippen molar-refractivity contribution in [2.75, 3.05) is 6.54 Å². The highest BCUT2D eigenvalue weighted by Gasteiger charge is 2.17. The smallest absolute Gasteiger partial charge is 0.328 e. The van der Waals surface area contributed by atoms with Crippen LogP contribution >= 0.6 is 10.7 Å². The minimum absolute atomic E-state index is 0.0262. The zero-order valence-electron chi connectivity index (χ0n) is 9.97. The summed E-state index contributed by atoms with van der Waals surface area (Å²) >= 11 is 0. The van der Waals surface area contributed by atoms with Gasteiger partial charge in [-0.2, -0.15) is 0 Å². The Bertz CT molecular complexity index is 691. The third-order valence-corrected chi connectivity index (χ3v) is 3.51. The van der Waals surface area contributed by atoms with Gasteiger partial charge in [-0.1, -0.05) is 0 Å². The first-order valence-electron chi connectivity index (χ1n) is 5.31. The number of nitrogens with one attached hydrogen (secondary N) is 2. The molecular formula is C9H12ClN3O5S. The van der Waals surface area contributed by atoms with Crippen LogP contribution in [0.4, 0.5) is 0 Å². The Kier molecular flexibility index (Phi) is 4.90. The molecule has 0 aliphatic rings. The lowest BCUT2D eigenvalue weighted by atomic mass is 10.4. The molecule has 2 N–H and O–H groups in total. The number of hydrogen-bond acceptors (Lipinski definition) is 5. The van der Waals surface area contributed by atoms with Crippen LogP contribution in [0.3, 0.4) is 0 Å². The second kappa shape index (κ2) is 6.02. The number of aromatic nitrogens is 2. The maximum absolute atomic E-state index is 11.4. The van der Waals surface area contributed by atoms with Crippen molar-refractivity contribution >= 4 is 25.6 Å². The molecule has 19 heavy (non-hydrogen) atoms. The summed E-state index contributed by atoms with van der Waals surface area (Å²) < 4.78 is 23.1. The third kappa shape index (κ3) is 4.21. The molecule has 1 aromatic heterocycles. The number of aryl methyl sites for hydroxylation is 1. The number of aromatic amines is 1. The van der Waals surface area contributed by atoms with Crippen LogP contribution in [-0.4, -0.2) is 30.4 Å². The molecule has 0 unspecified atom stereocenters. The summed E-state index contributed by atoms with van der Waals surface area (Å²) in [7, 11) is 0.805. The van der Waals surface area contributed by atoms with Crippen LogP contribution in [0.2, 0.25) is 0 Å². The average Bonchev–Trinajstić information content (AvgIpc) is 2.26. The zero-order chi connectivity index (χ0) is 14.6. The topological polar surface area (TPSA) is 118 Å². The van der Waals surface area contributed by atoms with E-state index in [1.807, 2.05) is 4.98 Å². The van der Waals surface area contributed by atoms with E-state index in [2.05, 4.69) is 5.32 Å². The van der Waals surface area contributed by atoms with Crippen LogP contribution in [0.5, 0.6) is 0 Å². The van der Waals surface area contributed by atoms with Crippen LogP contribution in [0.15, 0.2) is 20.7 Å². The zero-order valence-corrected chi connectivity index (χ0v) is 11.5. The van der Waals surface area contributed by atoms with Crippen LogP contribution < -0.4 is 16.6 Å². The lowest BCUT2D eigenvalue weighted by Gasteiger charge is -2.06. The van der Waals surface area contributed by atoms with Gasteiger partial charge in [0.15, 0.2) is 4.90 Å². The average molecular weight is 310 g/mol. The predicted molar refractivity (Wildman–Crippen MR) is 67.7 cm³/mol. The van der Waals surface area contributed by atoms with E-state index in [1.54, 1.807) is 6.92 Å². The molecule has 0 bridgehead atoms. The van der Waals surface area contributed by atoms with Gasteiger partial charge in [-0.3, -0.25) is 19.1 Å². The Hall–Kier alpha value is -1.61. The molecular weight excluding hydrogens is 298 g/mol. The van der Waals surface area contributed by atoms with Gasteiger partial charge >= 0.3 is 5.69 Å². The number of hydrogen-bond donors (Lipinski definition) is 2. The molecule has 0 saturated carbocycles. The van der Waals surface area contributed by atoms with Gasteiger partial charge in [-0.25, -0.2) is 13.2 Å². The molecule has 0 fully saturated rings. The highest BCUT2D eigenvalue weighted by molar-refractivity contribution is 8.13. The van der Waals surface area contributed by atoms with Gasteiger partial charge in [0.2, 0.25) is 5.91 Å². The largest absolute Gasteiger partial charge is 0.356 e.